The topological polar surface area (TPSA) is 85.2 Å². The first-order chi connectivity index (χ1) is 16.9. The van der Waals surface area contributed by atoms with Gasteiger partial charge in [0.15, 0.2) is 0 Å². The van der Waals surface area contributed by atoms with Crippen molar-refractivity contribution >= 4 is 45.5 Å². The van der Waals surface area contributed by atoms with E-state index in [4.69, 9.17) is 9.47 Å². The molecule has 1 aliphatic rings. The van der Waals surface area contributed by atoms with Crippen LogP contribution in [0.2, 0.25) is 0 Å². The smallest absolute Gasteiger partial charge is 0.344 e. The third kappa shape index (κ3) is 5.15. The van der Waals surface area contributed by atoms with Crippen LogP contribution in [0.5, 0.6) is 5.75 Å². The number of aryl methyl sites for hydroxylation is 1. The van der Waals surface area contributed by atoms with Gasteiger partial charge in [-0.3, -0.25) is 4.79 Å². The van der Waals surface area contributed by atoms with Gasteiger partial charge in [0, 0.05) is 11.1 Å². The minimum absolute atomic E-state index is 0.0935. The van der Waals surface area contributed by atoms with Crippen molar-refractivity contribution in [1.82, 2.24) is 0 Å². The maximum Gasteiger partial charge on any atom is 0.344 e. The van der Waals surface area contributed by atoms with E-state index in [1.807, 2.05) is 62.4 Å². The van der Waals surface area contributed by atoms with Crippen LogP contribution in [0, 0.1) is 6.92 Å². The van der Waals surface area contributed by atoms with E-state index >= 15 is 0 Å². The predicted molar refractivity (Wildman–Crippen MR) is 140 cm³/mol. The number of amides is 1. The molecule has 0 spiro atoms. The molecule has 0 fully saturated rings. The Morgan fingerprint density at radius 2 is 1.74 bits per heavy atom. The molecule has 7 heteroatoms. The van der Waals surface area contributed by atoms with Crippen LogP contribution >= 0.6 is 11.8 Å². The van der Waals surface area contributed by atoms with Gasteiger partial charge in [-0.15, -0.1) is 0 Å². The van der Waals surface area contributed by atoms with Gasteiger partial charge in [0.2, 0.25) is 0 Å². The molecule has 0 saturated carbocycles. The van der Waals surface area contributed by atoms with Crippen LogP contribution in [0.25, 0.3) is 16.8 Å². The van der Waals surface area contributed by atoms with Crippen LogP contribution in [0.3, 0.4) is 0 Å². The molecule has 0 saturated heterocycles. The number of thioether (sulfide) groups is 1. The number of hydrogen-bond acceptors (Lipinski definition) is 6. The lowest BCUT2D eigenvalue weighted by molar-refractivity contribution is -0.138. The fourth-order valence-corrected chi connectivity index (χ4v) is 4.68. The molecular weight excluding hydrogens is 462 g/mol. The standard InChI is InChI=1S/C28H25NO5S/c1-4-33-22-15-14-18-8-6-7-9-20(18)21(22)16-23-25(30)24(28(32)34-5-2)27(35-23)29-26(31)19-12-10-17(3)11-13-19/h6-16,30H,4-5H2,1-3H3/b23-16-,29-27?. The maximum atomic E-state index is 12.8. The summed E-state index contributed by atoms with van der Waals surface area (Å²) in [5, 5.41) is 13.1. The minimum Gasteiger partial charge on any atom is -0.506 e. The highest BCUT2D eigenvalue weighted by molar-refractivity contribution is 8.18. The van der Waals surface area contributed by atoms with Crippen LogP contribution in [0.4, 0.5) is 0 Å². The highest BCUT2D eigenvalue weighted by atomic mass is 32.2. The van der Waals surface area contributed by atoms with E-state index in [1.54, 1.807) is 25.1 Å². The molecule has 0 aromatic heterocycles. The molecule has 1 heterocycles. The quantitative estimate of drug-likeness (QED) is 0.414. The zero-order chi connectivity index (χ0) is 24.9. The largest absolute Gasteiger partial charge is 0.506 e. The van der Waals surface area contributed by atoms with Crippen molar-refractivity contribution in [3.05, 3.63) is 93.6 Å². The van der Waals surface area contributed by atoms with E-state index in [-0.39, 0.29) is 23.0 Å². The number of fused-ring (bicyclic) bond motifs is 1. The molecule has 4 rings (SSSR count). The molecule has 0 aliphatic carbocycles. The number of aliphatic hydroxyl groups excluding tert-OH is 1. The molecule has 1 aliphatic heterocycles. The third-order valence-electron chi connectivity index (χ3n) is 5.38. The number of rotatable bonds is 6. The molecule has 1 amide bonds. The molecule has 178 valence electrons. The van der Waals surface area contributed by atoms with E-state index in [0.29, 0.717) is 22.8 Å². The summed E-state index contributed by atoms with van der Waals surface area (Å²) in [5.41, 5.74) is 2.03. The Morgan fingerprint density at radius 1 is 1.00 bits per heavy atom. The van der Waals surface area contributed by atoms with Gasteiger partial charge in [-0.1, -0.05) is 59.8 Å². The molecule has 6 nitrogen and oxygen atoms in total. The van der Waals surface area contributed by atoms with Crippen molar-refractivity contribution in [3.63, 3.8) is 0 Å². The number of esters is 1. The van der Waals surface area contributed by atoms with Crippen molar-refractivity contribution in [2.24, 2.45) is 4.99 Å². The number of aliphatic imine (C=N–C) groups is 1. The normalized spacial score (nSPS) is 15.7. The summed E-state index contributed by atoms with van der Waals surface area (Å²) < 4.78 is 11.0. The Bertz CT molecular complexity index is 1390. The van der Waals surface area contributed by atoms with Gasteiger partial charge in [-0.05, 0) is 55.8 Å². The SMILES string of the molecule is CCOC(=O)C1=C(O)/C(=C/c2c(OCC)ccc3ccccc23)SC1=NC(=O)c1ccc(C)cc1. The van der Waals surface area contributed by atoms with E-state index in [1.165, 1.54) is 0 Å². The van der Waals surface area contributed by atoms with Gasteiger partial charge in [0.1, 0.15) is 22.1 Å². The first kappa shape index (κ1) is 24.3. The zero-order valence-corrected chi connectivity index (χ0v) is 20.5. The monoisotopic (exact) mass is 487 g/mol. The second-order valence-corrected chi connectivity index (χ2v) is 8.81. The first-order valence-electron chi connectivity index (χ1n) is 11.3. The molecule has 35 heavy (non-hydrogen) atoms. The van der Waals surface area contributed by atoms with Gasteiger partial charge in [0.05, 0.1) is 18.1 Å². The Morgan fingerprint density at radius 3 is 2.46 bits per heavy atom. The van der Waals surface area contributed by atoms with Gasteiger partial charge in [0.25, 0.3) is 5.91 Å². The highest BCUT2D eigenvalue weighted by Crippen LogP contribution is 2.41. The number of aliphatic hydroxyl groups is 1. The van der Waals surface area contributed by atoms with Crippen LogP contribution < -0.4 is 4.74 Å². The fraction of sp³-hybridized carbons (Fsp3) is 0.179. The minimum atomic E-state index is -0.737. The van der Waals surface area contributed by atoms with Crippen molar-refractivity contribution in [3.8, 4) is 5.75 Å². The summed E-state index contributed by atoms with van der Waals surface area (Å²) in [6.45, 7) is 6.08. The van der Waals surface area contributed by atoms with E-state index in [2.05, 4.69) is 4.99 Å². The van der Waals surface area contributed by atoms with Crippen LogP contribution in [-0.4, -0.2) is 35.2 Å². The van der Waals surface area contributed by atoms with Crippen LogP contribution in [-0.2, 0) is 9.53 Å². The summed E-state index contributed by atoms with van der Waals surface area (Å²) in [6.07, 6.45) is 1.76. The van der Waals surface area contributed by atoms with Crippen molar-refractivity contribution in [2.75, 3.05) is 13.2 Å². The molecule has 3 aromatic rings. The van der Waals surface area contributed by atoms with Gasteiger partial charge < -0.3 is 14.6 Å². The number of ether oxygens (including phenoxy) is 2. The zero-order valence-electron chi connectivity index (χ0n) is 19.7. The molecule has 1 N–H and O–H groups in total. The van der Waals surface area contributed by atoms with Crippen molar-refractivity contribution in [1.29, 1.82) is 0 Å². The fourth-order valence-electron chi connectivity index (χ4n) is 3.68. The molecular formula is C28H25NO5S. The first-order valence-corrected chi connectivity index (χ1v) is 12.1. The Balaban J connectivity index is 1.82. The number of carbonyl (C=O) groups is 2. The average molecular weight is 488 g/mol. The van der Waals surface area contributed by atoms with Gasteiger partial charge in [-0.25, -0.2) is 9.79 Å². The number of carbonyl (C=O) groups excluding carboxylic acids is 2. The van der Waals surface area contributed by atoms with Gasteiger partial charge in [-0.2, -0.15) is 0 Å². The van der Waals surface area contributed by atoms with Crippen LogP contribution in [0.1, 0.15) is 35.3 Å². The summed E-state index contributed by atoms with van der Waals surface area (Å²) in [4.78, 5) is 30.1. The van der Waals surface area contributed by atoms with Crippen LogP contribution in [0.15, 0.2) is 81.9 Å². The van der Waals surface area contributed by atoms with Crippen molar-refractivity contribution in [2.45, 2.75) is 20.8 Å². The average Bonchev–Trinajstić information content (AvgIpc) is 3.15. The van der Waals surface area contributed by atoms with Crippen molar-refractivity contribution < 1.29 is 24.2 Å². The van der Waals surface area contributed by atoms with E-state index in [9.17, 15) is 14.7 Å². The summed E-state index contributed by atoms with van der Waals surface area (Å²) in [7, 11) is 0. The lowest BCUT2D eigenvalue weighted by Gasteiger charge is -2.11. The second-order valence-electron chi connectivity index (χ2n) is 7.77. The Hall–Kier alpha value is -3.84. The Labute approximate surface area is 208 Å². The number of nitrogens with zero attached hydrogens (tertiary/aromatic N) is 1. The summed E-state index contributed by atoms with van der Waals surface area (Å²) >= 11 is 1.05. The molecule has 0 atom stereocenters. The Kier molecular flexibility index (Phi) is 7.36. The van der Waals surface area contributed by atoms with E-state index in [0.717, 1.165) is 33.7 Å². The lowest BCUT2D eigenvalue weighted by Crippen LogP contribution is -2.14. The molecule has 0 unspecified atom stereocenters. The third-order valence-corrected chi connectivity index (χ3v) is 6.40. The molecule has 0 radical (unpaired) electrons. The highest BCUT2D eigenvalue weighted by Gasteiger charge is 2.34. The maximum absolute atomic E-state index is 12.8. The number of benzene rings is 3. The molecule has 0 bridgehead atoms. The van der Waals surface area contributed by atoms with E-state index < -0.39 is 11.9 Å². The summed E-state index contributed by atoms with van der Waals surface area (Å²) in [5.74, 6) is -0.881. The van der Waals surface area contributed by atoms with Gasteiger partial charge >= 0.3 is 5.97 Å². The molecule has 3 aromatic carbocycles. The number of hydrogen-bond donors (Lipinski definition) is 1. The second kappa shape index (κ2) is 10.6. The lowest BCUT2D eigenvalue weighted by atomic mass is 10.0. The summed E-state index contributed by atoms with van der Waals surface area (Å²) in [6, 6.07) is 18.7. The predicted octanol–water partition coefficient (Wildman–Crippen LogP) is 6.25.